The fourth-order valence-corrected chi connectivity index (χ4v) is 3.68. The first-order valence-corrected chi connectivity index (χ1v) is 10.4. The smallest absolute Gasteiger partial charge is 0.255 e. The normalized spacial score (nSPS) is 15.3. The third-order valence-corrected chi connectivity index (χ3v) is 5.41. The lowest BCUT2D eigenvalue weighted by Crippen LogP contribution is -2.28. The van der Waals surface area contributed by atoms with Crippen molar-refractivity contribution in [3.63, 3.8) is 0 Å². The summed E-state index contributed by atoms with van der Waals surface area (Å²) in [6.07, 6.45) is -0.000431. The van der Waals surface area contributed by atoms with Gasteiger partial charge in [-0.1, -0.05) is 24.3 Å². The van der Waals surface area contributed by atoms with Gasteiger partial charge in [-0.25, -0.2) is 4.39 Å². The topological polar surface area (TPSA) is 87.7 Å². The zero-order valence-corrected chi connectivity index (χ0v) is 17.9. The predicted octanol–water partition coefficient (Wildman–Crippen LogP) is 4.08. The number of ether oxygens (including phenoxy) is 1. The minimum absolute atomic E-state index is 0.000431. The molecule has 3 aromatic carbocycles. The molecule has 0 aromatic heterocycles. The van der Waals surface area contributed by atoms with Gasteiger partial charge in [0.05, 0.1) is 24.4 Å². The van der Waals surface area contributed by atoms with Crippen LogP contribution in [-0.2, 0) is 9.59 Å². The summed E-state index contributed by atoms with van der Waals surface area (Å²) in [5, 5.41) is 5.55. The molecule has 0 bridgehead atoms. The number of amides is 3. The van der Waals surface area contributed by atoms with Crippen molar-refractivity contribution in [2.45, 2.75) is 6.42 Å². The predicted molar refractivity (Wildman–Crippen MR) is 123 cm³/mol. The van der Waals surface area contributed by atoms with Crippen LogP contribution in [0, 0.1) is 11.7 Å². The van der Waals surface area contributed by atoms with Crippen molar-refractivity contribution >= 4 is 34.8 Å². The first kappa shape index (κ1) is 22.0. The van der Waals surface area contributed by atoms with Crippen molar-refractivity contribution < 1.29 is 23.5 Å². The molecule has 1 aliphatic rings. The molecule has 0 radical (unpaired) electrons. The molecule has 168 valence electrons. The molecule has 1 heterocycles. The summed E-state index contributed by atoms with van der Waals surface area (Å²) in [5.74, 6) is -1.53. The zero-order valence-electron chi connectivity index (χ0n) is 17.9. The summed E-state index contributed by atoms with van der Waals surface area (Å²) in [6.45, 7) is 0.102. The molecular weight excluding hydrogens is 425 g/mol. The number of hydrogen-bond acceptors (Lipinski definition) is 4. The molecule has 0 saturated carbocycles. The molecule has 1 aliphatic heterocycles. The molecule has 3 amide bonds. The first-order chi connectivity index (χ1) is 16.0. The van der Waals surface area contributed by atoms with Gasteiger partial charge in [0.25, 0.3) is 5.91 Å². The van der Waals surface area contributed by atoms with Crippen LogP contribution in [0.4, 0.5) is 21.5 Å². The second kappa shape index (κ2) is 9.52. The van der Waals surface area contributed by atoms with E-state index in [1.807, 2.05) is 0 Å². The molecule has 1 atom stereocenters. The third-order valence-electron chi connectivity index (χ3n) is 5.41. The van der Waals surface area contributed by atoms with Crippen molar-refractivity contribution in [3.05, 3.63) is 84.2 Å². The highest BCUT2D eigenvalue weighted by Gasteiger charge is 2.36. The van der Waals surface area contributed by atoms with Crippen LogP contribution in [0.15, 0.2) is 72.8 Å². The number of benzene rings is 3. The minimum Gasteiger partial charge on any atom is -0.495 e. The van der Waals surface area contributed by atoms with E-state index < -0.39 is 11.7 Å². The summed E-state index contributed by atoms with van der Waals surface area (Å²) in [6, 6.07) is 19.5. The van der Waals surface area contributed by atoms with Crippen LogP contribution in [0.1, 0.15) is 16.8 Å². The highest BCUT2D eigenvalue weighted by atomic mass is 19.1. The number of carbonyl (C=O) groups is 3. The Bertz CT molecular complexity index is 1200. The van der Waals surface area contributed by atoms with E-state index in [0.717, 1.165) is 0 Å². The van der Waals surface area contributed by atoms with Crippen molar-refractivity contribution in [2.24, 2.45) is 5.92 Å². The van der Waals surface area contributed by atoms with Gasteiger partial charge in [-0.2, -0.15) is 0 Å². The number of nitrogens with zero attached hydrogens (tertiary/aromatic N) is 1. The summed E-state index contributed by atoms with van der Waals surface area (Å²) in [5.41, 5.74) is 1.61. The SMILES string of the molecule is COc1ccccc1NC(=O)c1ccc(NC(=O)[C@@H]2CC(=O)N(c3ccccc3F)C2)cc1. The Morgan fingerprint density at radius 3 is 2.39 bits per heavy atom. The molecule has 0 spiro atoms. The second-order valence-corrected chi connectivity index (χ2v) is 7.58. The van der Waals surface area contributed by atoms with E-state index in [1.54, 1.807) is 60.7 Å². The Balaban J connectivity index is 1.38. The number of carbonyl (C=O) groups excluding carboxylic acids is 3. The number of methoxy groups -OCH3 is 1. The molecule has 1 saturated heterocycles. The van der Waals surface area contributed by atoms with Gasteiger partial charge in [0.1, 0.15) is 11.6 Å². The van der Waals surface area contributed by atoms with Crippen LogP contribution in [0.5, 0.6) is 5.75 Å². The van der Waals surface area contributed by atoms with Crippen molar-refractivity contribution in [3.8, 4) is 5.75 Å². The minimum atomic E-state index is -0.606. The van der Waals surface area contributed by atoms with E-state index in [2.05, 4.69) is 10.6 Å². The fourth-order valence-electron chi connectivity index (χ4n) is 3.68. The van der Waals surface area contributed by atoms with Crippen molar-refractivity contribution in [1.82, 2.24) is 0 Å². The highest BCUT2D eigenvalue weighted by molar-refractivity contribution is 6.06. The van der Waals surface area contributed by atoms with Gasteiger partial charge >= 0.3 is 0 Å². The largest absolute Gasteiger partial charge is 0.495 e. The number of anilines is 3. The van der Waals surface area contributed by atoms with E-state index in [4.69, 9.17) is 4.74 Å². The molecular formula is C25H22FN3O4. The lowest BCUT2D eigenvalue weighted by atomic mass is 10.1. The number of rotatable bonds is 6. The third kappa shape index (κ3) is 4.85. The molecule has 0 unspecified atom stereocenters. The lowest BCUT2D eigenvalue weighted by Gasteiger charge is -2.17. The number of hydrogen-bond donors (Lipinski definition) is 2. The average Bonchev–Trinajstić information content (AvgIpc) is 3.21. The number of para-hydroxylation sites is 3. The second-order valence-electron chi connectivity index (χ2n) is 7.58. The molecule has 33 heavy (non-hydrogen) atoms. The van der Waals surface area contributed by atoms with Crippen LogP contribution < -0.4 is 20.3 Å². The standard InChI is InChI=1S/C25H22FN3O4/c1-33-22-9-5-3-7-20(22)28-24(31)16-10-12-18(13-11-16)27-25(32)17-14-23(30)29(15-17)21-8-4-2-6-19(21)26/h2-13,17H,14-15H2,1H3,(H,27,32)(H,28,31)/t17-/m1/s1. The average molecular weight is 447 g/mol. The molecule has 7 nitrogen and oxygen atoms in total. The number of halogens is 1. The van der Waals surface area contributed by atoms with E-state index in [-0.39, 0.29) is 36.4 Å². The Morgan fingerprint density at radius 2 is 1.67 bits per heavy atom. The molecule has 4 rings (SSSR count). The number of nitrogens with one attached hydrogen (secondary N) is 2. The summed E-state index contributed by atoms with van der Waals surface area (Å²) in [4.78, 5) is 38.8. The quantitative estimate of drug-likeness (QED) is 0.596. The summed E-state index contributed by atoms with van der Waals surface area (Å²) >= 11 is 0. The molecule has 0 aliphatic carbocycles. The van der Waals surface area contributed by atoms with Gasteiger partial charge in [0.2, 0.25) is 11.8 Å². The molecule has 1 fully saturated rings. The first-order valence-electron chi connectivity index (χ1n) is 10.4. The molecule has 3 aromatic rings. The van der Waals surface area contributed by atoms with Gasteiger partial charge < -0.3 is 20.3 Å². The van der Waals surface area contributed by atoms with Crippen LogP contribution in [0.25, 0.3) is 0 Å². The maximum absolute atomic E-state index is 14.0. The van der Waals surface area contributed by atoms with Gasteiger partial charge in [-0.15, -0.1) is 0 Å². The summed E-state index contributed by atoms with van der Waals surface area (Å²) < 4.78 is 19.3. The maximum atomic E-state index is 14.0. The van der Waals surface area contributed by atoms with Crippen molar-refractivity contribution in [1.29, 1.82) is 0 Å². The Morgan fingerprint density at radius 1 is 0.970 bits per heavy atom. The highest BCUT2D eigenvalue weighted by Crippen LogP contribution is 2.28. The molecule has 8 heteroatoms. The van der Waals surface area contributed by atoms with E-state index >= 15 is 0 Å². The van der Waals surface area contributed by atoms with Gasteiger partial charge in [0, 0.05) is 24.2 Å². The van der Waals surface area contributed by atoms with Crippen LogP contribution >= 0.6 is 0 Å². The van der Waals surface area contributed by atoms with Crippen LogP contribution in [-0.4, -0.2) is 31.4 Å². The van der Waals surface area contributed by atoms with Gasteiger partial charge in [-0.3, -0.25) is 14.4 Å². The van der Waals surface area contributed by atoms with Crippen LogP contribution in [0.2, 0.25) is 0 Å². The molecule has 2 N–H and O–H groups in total. The Hall–Kier alpha value is -4.20. The Kier molecular flexibility index (Phi) is 6.35. The van der Waals surface area contributed by atoms with E-state index in [9.17, 15) is 18.8 Å². The van der Waals surface area contributed by atoms with E-state index in [1.165, 1.54) is 24.1 Å². The maximum Gasteiger partial charge on any atom is 0.255 e. The van der Waals surface area contributed by atoms with Gasteiger partial charge in [0.15, 0.2) is 0 Å². The van der Waals surface area contributed by atoms with Crippen molar-refractivity contribution in [2.75, 3.05) is 29.2 Å². The monoisotopic (exact) mass is 447 g/mol. The Labute approximate surface area is 190 Å². The fraction of sp³-hybridized carbons (Fsp3) is 0.160. The lowest BCUT2D eigenvalue weighted by molar-refractivity contribution is -0.122. The van der Waals surface area contributed by atoms with E-state index in [0.29, 0.717) is 22.7 Å². The van der Waals surface area contributed by atoms with Gasteiger partial charge in [-0.05, 0) is 48.5 Å². The summed E-state index contributed by atoms with van der Waals surface area (Å²) in [7, 11) is 1.52. The van der Waals surface area contributed by atoms with Crippen LogP contribution in [0.3, 0.4) is 0 Å². The zero-order chi connectivity index (χ0) is 23.4.